The largest absolute Gasteiger partial charge is 0.380 e. The highest BCUT2D eigenvalue weighted by molar-refractivity contribution is 7.85. The number of nitrogens with one attached hydrogen (secondary N) is 2. The van der Waals surface area contributed by atoms with Crippen molar-refractivity contribution in [2.24, 2.45) is 0 Å². The van der Waals surface area contributed by atoms with Crippen LogP contribution in [0.1, 0.15) is 56.0 Å². The average molecular weight is 651 g/mol. The second-order valence-electron chi connectivity index (χ2n) is 11.9. The summed E-state index contributed by atoms with van der Waals surface area (Å²) >= 11 is 0. The molecule has 7 nitrogen and oxygen atoms in total. The van der Waals surface area contributed by atoms with E-state index in [1.54, 1.807) is 32.4 Å². The standard InChI is InChI=1S/C39H42N2O5S/c1-25-11-9-12-26(2)38(25)40-34-19-17-29(21-31(34)23-45-5)37(33-15-7-8-16-36(33)47(42,43)44)30-18-20-35(32(22-30)24-46-6)41-39-27(3)13-10-14-28(39)4/h7-22,37,40-41H,23-24H2,1-6H3,(H,42,43,44). The number of hydrogen-bond donors (Lipinski definition) is 3. The highest BCUT2D eigenvalue weighted by Crippen LogP contribution is 2.40. The van der Waals surface area contributed by atoms with E-state index in [0.29, 0.717) is 18.8 Å². The van der Waals surface area contributed by atoms with Crippen LogP contribution in [-0.4, -0.2) is 27.2 Å². The molecule has 0 saturated carbocycles. The summed E-state index contributed by atoms with van der Waals surface area (Å²) in [4.78, 5) is -0.137. The zero-order chi connectivity index (χ0) is 33.7. The maximum atomic E-state index is 12.7. The van der Waals surface area contributed by atoms with Crippen molar-refractivity contribution >= 4 is 32.9 Å². The molecule has 0 unspecified atom stereocenters. The average Bonchev–Trinajstić information content (AvgIpc) is 3.03. The van der Waals surface area contributed by atoms with Gasteiger partial charge in [0.1, 0.15) is 0 Å². The van der Waals surface area contributed by atoms with Crippen molar-refractivity contribution in [2.75, 3.05) is 24.9 Å². The predicted molar refractivity (Wildman–Crippen MR) is 190 cm³/mol. The van der Waals surface area contributed by atoms with Gasteiger partial charge in [-0.15, -0.1) is 0 Å². The van der Waals surface area contributed by atoms with Gasteiger partial charge in [0.05, 0.1) is 18.1 Å². The maximum absolute atomic E-state index is 12.7. The summed E-state index contributed by atoms with van der Waals surface area (Å²) in [6.07, 6.45) is 0. The topological polar surface area (TPSA) is 96.9 Å². The van der Waals surface area contributed by atoms with Crippen LogP contribution in [0.3, 0.4) is 0 Å². The Morgan fingerprint density at radius 1 is 0.617 bits per heavy atom. The van der Waals surface area contributed by atoms with E-state index >= 15 is 0 Å². The number of para-hydroxylation sites is 2. The third-order valence-corrected chi connectivity index (χ3v) is 9.44. The molecule has 0 fully saturated rings. The van der Waals surface area contributed by atoms with Gasteiger partial charge in [0.15, 0.2) is 0 Å². The molecule has 244 valence electrons. The fourth-order valence-electron chi connectivity index (χ4n) is 6.18. The third kappa shape index (κ3) is 7.58. The first-order valence-corrected chi connectivity index (χ1v) is 16.9. The molecule has 0 spiro atoms. The molecule has 8 heteroatoms. The summed E-state index contributed by atoms with van der Waals surface area (Å²) in [5.41, 5.74) is 12.3. The van der Waals surface area contributed by atoms with E-state index in [9.17, 15) is 13.0 Å². The van der Waals surface area contributed by atoms with E-state index in [2.05, 4.69) is 62.6 Å². The van der Waals surface area contributed by atoms with Crippen LogP contribution in [0.2, 0.25) is 0 Å². The molecular weight excluding hydrogens is 609 g/mol. The lowest BCUT2D eigenvalue weighted by atomic mass is 9.83. The van der Waals surface area contributed by atoms with E-state index in [1.165, 1.54) is 6.07 Å². The molecule has 0 aliphatic carbocycles. The van der Waals surface area contributed by atoms with Crippen LogP contribution in [0.5, 0.6) is 0 Å². The monoisotopic (exact) mass is 650 g/mol. The zero-order valence-corrected chi connectivity index (χ0v) is 28.5. The Kier molecular flexibility index (Phi) is 10.5. The second kappa shape index (κ2) is 14.5. The summed E-state index contributed by atoms with van der Waals surface area (Å²) < 4.78 is 47.0. The molecule has 5 aromatic rings. The molecular formula is C39H42N2O5S. The van der Waals surface area contributed by atoms with E-state index in [0.717, 1.165) is 67.3 Å². The molecule has 0 aromatic heterocycles. The maximum Gasteiger partial charge on any atom is 0.294 e. The predicted octanol–water partition coefficient (Wildman–Crippen LogP) is 9.13. The van der Waals surface area contributed by atoms with E-state index in [4.69, 9.17) is 9.47 Å². The molecule has 0 saturated heterocycles. The summed E-state index contributed by atoms with van der Waals surface area (Å²) in [7, 11) is -1.22. The summed E-state index contributed by atoms with van der Waals surface area (Å²) in [6, 6.07) is 31.0. The van der Waals surface area contributed by atoms with Gasteiger partial charge in [-0.2, -0.15) is 8.42 Å². The van der Waals surface area contributed by atoms with Crippen molar-refractivity contribution < 1.29 is 22.4 Å². The first kappa shape index (κ1) is 33.9. The lowest BCUT2D eigenvalue weighted by molar-refractivity contribution is 0.185. The Hall–Kier alpha value is -4.47. The van der Waals surface area contributed by atoms with Gasteiger partial charge in [-0.3, -0.25) is 4.55 Å². The van der Waals surface area contributed by atoms with E-state index < -0.39 is 16.0 Å². The van der Waals surface area contributed by atoms with Gasteiger partial charge in [0.2, 0.25) is 0 Å². The van der Waals surface area contributed by atoms with Crippen LogP contribution in [0.4, 0.5) is 22.7 Å². The number of aryl methyl sites for hydroxylation is 4. The Bertz CT molecular complexity index is 1860. The van der Waals surface area contributed by atoms with Crippen LogP contribution < -0.4 is 10.6 Å². The van der Waals surface area contributed by atoms with Crippen LogP contribution in [0.15, 0.2) is 102 Å². The molecule has 47 heavy (non-hydrogen) atoms. The summed E-state index contributed by atoms with van der Waals surface area (Å²) in [6.45, 7) is 8.94. The molecule has 5 rings (SSSR count). The van der Waals surface area contributed by atoms with Crippen LogP contribution in [0, 0.1) is 27.7 Å². The summed E-state index contributed by atoms with van der Waals surface area (Å²) in [5, 5.41) is 7.20. The van der Waals surface area contributed by atoms with E-state index in [1.807, 2.05) is 48.5 Å². The smallest absolute Gasteiger partial charge is 0.294 e. The Morgan fingerprint density at radius 3 is 1.45 bits per heavy atom. The van der Waals surface area contributed by atoms with E-state index in [-0.39, 0.29) is 4.90 Å². The molecule has 0 radical (unpaired) electrons. The van der Waals surface area contributed by atoms with Crippen LogP contribution in [-0.2, 0) is 32.8 Å². The highest BCUT2D eigenvalue weighted by Gasteiger charge is 2.26. The molecule has 0 heterocycles. The normalized spacial score (nSPS) is 11.6. The lowest BCUT2D eigenvalue weighted by Gasteiger charge is -2.25. The van der Waals surface area contributed by atoms with Crippen molar-refractivity contribution in [3.63, 3.8) is 0 Å². The number of rotatable bonds is 12. The number of hydrogen-bond acceptors (Lipinski definition) is 6. The molecule has 0 aliphatic heterocycles. The van der Waals surface area contributed by atoms with Crippen molar-refractivity contribution in [3.8, 4) is 0 Å². The second-order valence-corrected chi connectivity index (χ2v) is 13.3. The minimum Gasteiger partial charge on any atom is -0.380 e. The minimum atomic E-state index is -4.53. The minimum absolute atomic E-state index is 0.137. The quantitative estimate of drug-likeness (QED) is 0.0915. The molecule has 0 atom stereocenters. The number of methoxy groups -OCH3 is 2. The van der Waals surface area contributed by atoms with Gasteiger partial charge in [0.25, 0.3) is 10.1 Å². The summed E-state index contributed by atoms with van der Waals surface area (Å²) in [5.74, 6) is -0.539. The number of benzene rings is 5. The van der Waals surface area contributed by atoms with Gasteiger partial charge < -0.3 is 20.1 Å². The number of anilines is 4. The fourth-order valence-corrected chi connectivity index (χ4v) is 6.91. The Morgan fingerprint density at radius 2 is 1.04 bits per heavy atom. The molecule has 0 bridgehead atoms. The van der Waals surface area contributed by atoms with Crippen molar-refractivity contribution in [2.45, 2.75) is 51.7 Å². The first-order valence-electron chi connectivity index (χ1n) is 15.5. The third-order valence-electron chi connectivity index (χ3n) is 8.51. The van der Waals surface area contributed by atoms with Crippen LogP contribution >= 0.6 is 0 Å². The van der Waals surface area contributed by atoms with Gasteiger partial charge in [-0.05, 0) is 84.8 Å². The molecule has 0 amide bonds. The van der Waals surface area contributed by atoms with Gasteiger partial charge in [-0.25, -0.2) is 0 Å². The zero-order valence-electron chi connectivity index (χ0n) is 27.7. The van der Waals surface area contributed by atoms with Gasteiger partial charge >= 0.3 is 0 Å². The first-order chi connectivity index (χ1) is 22.5. The van der Waals surface area contributed by atoms with Crippen molar-refractivity contribution in [1.82, 2.24) is 0 Å². The molecule has 3 N–H and O–H groups in total. The van der Waals surface area contributed by atoms with Crippen molar-refractivity contribution in [3.05, 3.63) is 147 Å². The molecule has 5 aromatic carbocycles. The SMILES string of the molecule is COCc1cc(C(c2ccc(Nc3c(C)cccc3C)c(COC)c2)c2ccccc2S(=O)(=O)O)ccc1Nc1c(C)cccc1C. The lowest BCUT2D eigenvalue weighted by Crippen LogP contribution is -2.12. The fraction of sp³-hybridized carbons (Fsp3) is 0.231. The number of ether oxygens (including phenoxy) is 2. The molecule has 0 aliphatic rings. The van der Waals surface area contributed by atoms with Crippen LogP contribution in [0.25, 0.3) is 0 Å². The Balaban J connectivity index is 1.68. The highest BCUT2D eigenvalue weighted by atomic mass is 32.2. The van der Waals surface area contributed by atoms with Crippen molar-refractivity contribution in [1.29, 1.82) is 0 Å². The van der Waals surface area contributed by atoms with Gasteiger partial charge in [-0.1, -0.05) is 78.9 Å². The Labute approximate surface area is 278 Å². The van der Waals surface area contributed by atoms with Gasteiger partial charge in [0, 0.05) is 54.0 Å².